The Kier molecular flexibility index (Phi) is 4.45. The highest BCUT2D eigenvalue weighted by Gasteiger charge is 2.40. The van der Waals surface area contributed by atoms with Crippen molar-refractivity contribution in [2.45, 2.75) is 38.6 Å². The van der Waals surface area contributed by atoms with Crippen molar-refractivity contribution >= 4 is 0 Å². The molecule has 0 saturated carbocycles. The molecule has 3 nitrogen and oxygen atoms in total. The quantitative estimate of drug-likeness (QED) is 0.786. The minimum atomic E-state index is 0.465. The molecule has 0 aromatic heterocycles. The smallest absolute Gasteiger partial charge is 0.0246 e. The van der Waals surface area contributed by atoms with Crippen LogP contribution in [0.25, 0.3) is 0 Å². The van der Waals surface area contributed by atoms with Crippen molar-refractivity contribution in [3.05, 3.63) is 0 Å². The highest BCUT2D eigenvalue weighted by molar-refractivity contribution is 4.97. The molecule has 2 saturated heterocycles. The normalized spacial score (nSPS) is 33.9. The Hall–Kier alpha value is -0.120. The summed E-state index contributed by atoms with van der Waals surface area (Å²) in [5.74, 6) is 0.770. The fraction of sp³-hybridized carbons (Fsp3) is 1.00. The van der Waals surface area contributed by atoms with Crippen LogP contribution in [0.3, 0.4) is 0 Å². The zero-order chi connectivity index (χ0) is 12.3. The van der Waals surface area contributed by atoms with Gasteiger partial charge < -0.3 is 10.2 Å². The summed E-state index contributed by atoms with van der Waals surface area (Å²) >= 11 is 0. The molecule has 2 fully saturated rings. The average molecular weight is 239 g/mol. The second kappa shape index (κ2) is 5.68. The lowest BCUT2D eigenvalue weighted by molar-refractivity contribution is 0.0205. The van der Waals surface area contributed by atoms with E-state index in [1.54, 1.807) is 0 Å². The summed E-state index contributed by atoms with van der Waals surface area (Å²) in [6, 6.07) is 0. The zero-order valence-electron chi connectivity index (χ0n) is 11.8. The van der Waals surface area contributed by atoms with Gasteiger partial charge in [0.1, 0.15) is 0 Å². The number of piperazine rings is 1. The van der Waals surface area contributed by atoms with E-state index in [1.807, 2.05) is 0 Å². The van der Waals surface area contributed by atoms with Gasteiger partial charge in [0.25, 0.3) is 0 Å². The van der Waals surface area contributed by atoms with Crippen LogP contribution >= 0.6 is 0 Å². The summed E-state index contributed by atoms with van der Waals surface area (Å²) in [7, 11) is 2.27. The summed E-state index contributed by atoms with van der Waals surface area (Å²) in [4.78, 5) is 5.29. The van der Waals surface area contributed by atoms with Crippen LogP contribution in [-0.4, -0.2) is 61.7 Å². The summed E-state index contributed by atoms with van der Waals surface area (Å²) < 4.78 is 0. The Bertz CT molecular complexity index is 236. The van der Waals surface area contributed by atoms with E-state index in [1.165, 1.54) is 58.5 Å². The molecule has 1 atom stereocenters. The van der Waals surface area contributed by atoms with Crippen molar-refractivity contribution in [3.63, 3.8) is 0 Å². The van der Waals surface area contributed by atoms with Gasteiger partial charge >= 0.3 is 0 Å². The molecule has 100 valence electrons. The summed E-state index contributed by atoms with van der Waals surface area (Å²) in [6.45, 7) is 12.2. The van der Waals surface area contributed by atoms with E-state index in [2.05, 4.69) is 36.0 Å². The summed E-state index contributed by atoms with van der Waals surface area (Å²) in [5.41, 5.74) is 0.465. The number of rotatable bonds is 2. The van der Waals surface area contributed by atoms with Gasteiger partial charge in [0.2, 0.25) is 0 Å². The van der Waals surface area contributed by atoms with Gasteiger partial charge in [-0.2, -0.15) is 0 Å². The Morgan fingerprint density at radius 3 is 2.35 bits per heavy atom. The number of hydrogen-bond donors (Lipinski definition) is 1. The van der Waals surface area contributed by atoms with E-state index >= 15 is 0 Å². The first-order chi connectivity index (χ1) is 8.15. The van der Waals surface area contributed by atoms with Crippen molar-refractivity contribution in [2.24, 2.45) is 5.92 Å². The Labute approximate surface area is 107 Å². The SMILES string of the molecule is CC(C)C1(N2CCNCC2)CCCN(C)CC1. The van der Waals surface area contributed by atoms with E-state index in [-0.39, 0.29) is 0 Å². The molecule has 0 aliphatic carbocycles. The summed E-state index contributed by atoms with van der Waals surface area (Å²) in [5, 5.41) is 3.48. The number of hydrogen-bond acceptors (Lipinski definition) is 3. The van der Waals surface area contributed by atoms with Crippen LogP contribution in [0.15, 0.2) is 0 Å². The zero-order valence-corrected chi connectivity index (χ0v) is 11.8. The minimum absolute atomic E-state index is 0.465. The lowest BCUT2D eigenvalue weighted by Crippen LogP contribution is -2.59. The highest BCUT2D eigenvalue weighted by atomic mass is 15.3. The minimum Gasteiger partial charge on any atom is -0.314 e. The fourth-order valence-electron chi connectivity index (χ4n) is 3.65. The van der Waals surface area contributed by atoms with E-state index in [0.717, 1.165) is 5.92 Å². The third kappa shape index (κ3) is 2.83. The van der Waals surface area contributed by atoms with Crippen LogP contribution in [-0.2, 0) is 0 Å². The van der Waals surface area contributed by atoms with Crippen LogP contribution < -0.4 is 5.32 Å². The predicted octanol–water partition coefficient (Wildman–Crippen LogP) is 1.40. The van der Waals surface area contributed by atoms with Crippen molar-refractivity contribution < 1.29 is 0 Å². The first kappa shape index (κ1) is 13.3. The lowest BCUT2D eigenvalue weighted by Gasteiger charge is -2.49. The van der Waals surface area contributed by atoms with Crippen molar-refractivity contribution in [1.82, 2.24) is 15.1 Å². The molecular formula is C14H29N3. The lowest BCUT2D eigenvalue weighted by atomic mass is 9.78. The number of nitrogens with one attached hydrogen (secondary N) is 1. The van der Waals surface area contributed by atoms with E-state index in [4.69, 9.17) is 0 Å². The van der Waals surface area contributed by atoms with Gasteiger partial charge in [-0.25, -0.2) is 0 Å². The third-order valence-corrected chi connectivity index (χ3v) is 4.90. The van der Waals surface area contributed by atoms with Gasteiger partial charge in [-0.1, -0.05) is 13.8 Å². The van der Waals surface area contributed by atoms with Crippen LogP contribution in [0.1, 0.15) is 33.1 Å². The Balaban J connectivity index is 2.12. The Morgan fingerprint density at radius 2 is 1.71 bits per heavy atom. The van der Waals surface area contributed by atoms with Gasteiger partial charge in [0.15, 0.2) is 0 Å². The average Bonchev–Trinajstić information content (AvgIpc) is 2.53. The molecule has 2 heterocycles. The standard InChI is InChI=1S/C14H29N3/c1-13(2)14(17-11-7-15-8-12-17)5-4-9-16(3)10-6-14/h13,15H,4-12H2,1-3H3. The van der Waals surface area contributed by atoms with Crippen LogP contribution in [0.5, 0.6) is 0 Å². The van der Waals surface area contributed by atoms with Gasteiger partial charge in [-0.3, -0.25) is 4.90 Å². The van der Waals surface area contributed by atoms with Gasteiger partial charge in [-0.15, -0.1) is 0 Å². The molecule has 1 unspecified atom stereocenters. The van der Waals surface area contributed by atoms with Crippen molar-refractivity contribution in [1.29, 1.82) is 0 Å². The van der Waals surface area contributed by atoms with E-state index in [0.29, 0.717) is 5.54 Å². The molecule has 0 radical (unpaired) electrons. The maximum atomic E-state index is 3.48. The van der Waals surface area contributed by atoms with Crippen LogP contribution in [0, 0.1) is 5.92 Å². The highest BCUT2D eigenvalue weighted by Crippen LogP contribution is 2.35. The second-order valence-corrected chi connectivity index (χ2v) is 6.15. The topological polar surface area (TPSA) is 18.5 Å². The molecule has 1 N–H and O–H groups in total. The largest absolute Gasteiger partial charge is 0.314 e. The van der Waals surface area contributed by atoms with E-state index < -0.39 is 0 Å². The maximum absolute atomic E-state index is 3.48. The molecule has 2 rings (SSSR count). The first-order valence-corrected chi connectivity index (χ1v) is 7.29. The number of nitrogens with zero attached hydrogens (tertiary/aromatic N) is 2. The van der Waals surface area contributed by atoms with Crippen molar-refractivity contribution in [2.75, 3.05) is 46.3 Å². The summed E-state index contributed by atoms with van der Waals surface area (Å²) in [6.07, 6.45) is 4.09. The third-order valence-electron chi connectivity index (χ3n) is 4.90. The second-order valence-electron chi connectivity index (χ2n) is 6.15. The molecule has 0 aromatic rings. The maximum Gasteiger partial charge on any atom is 0.0246 e. The van der Waals surface area contributed by atoms with Crippen molar-refractivity contribution in [3.8, 4) is 0 Å². The number of likely N-dealkylation sites (tertiary alicyclic amines) is 1. The van der Waals surface area contributed by atoms with E-state index in [9.17, 15) is 0 Å². The molecule has 0 amide bonds. The predicted molar refractivity (Wildman–Crippen MR) is 73.4 cm³/mol. The molecule has 0 bridgehead atoms. The molecular weight excluding hydrogens is 210 g/mol. The monoisotopic (exact) mass is 239 g/mol. The van der Waals surface area contributed by atoms with Gasteiger partial charge in [0.05, 0.1) is 0 Å². The molecule has 2 aliphatic heterocycles. The van der Waals surface area contributed by atoms with Crippen LogP contribution in [0.2, 0.25) is 0 Å². The molecule has 17 heavy (non-hydrogen) atoms. The molecule has 2 aliphatic rings. The van der Waals surface area contributed by atoms with Gasteiger partial charge in [0, 0.05) is 31.7 Å². The van der Waals surface area contributed by atoms with Crippen LogP contribution in [0.4, 0.5) is 0 Å². The van der Waals surface area contributed by atoms with Gasteiger partial charge in [-0.05, 0) is 45.3 Å². The molecule has 0 aromatic carbocycles. The molecule has 3 heteroatoms. The Morgan fingerprint density at radius 1 is 1.00 bits per heavy atom. The molecule has 0 spiro atoms. The fourth-order valence-corrected chi connectivity index (χ4v) is 3.65. The first-order valence-electron chi connectivity index (χ1n) is 7.29.